The average molecular weight is 375 g/mol. The van der Waals surface area contributed by atoms with E-state index in [2.05, 4.69) is 11.8 Å². The summed E-state index contributed by atoms with van der Waals surface area (Å²) < 4.78 is 27.6. The summed E-state index contributed by atoms with van der Waals surface area (Å²) in [5.41, 5.74) is 0.821. The lowest BCUT2D eigenvalue weighted by Crippen LogP contribution is -2.57. The van der Waals surface area contributed by atoms with Crippen LogP contribution in [0.4, 0.5) is 0 Å². The Kier molecular flexibility index (Phi) is 5.66. The highest BCUT2D eigenvalue weighted by Crippen LogP contribution is 2.32. The zero-order valence-electron chi connectivity index (χ0n) is 15.3. The van der Waals surface area contributed by atoms with Crippen LogP contribution in [0.15, 0.2) is 30.3 Å². The number of amides is 1. The molecule has 7 heteroatoms. The van der Waals surface area contributed by atoms with E-state index in [1.165, 1.54) is 8.61 Å². The van der Waals surface area contributed by atoms with Crippen molar-refractivity contribution in [3.8, 4) is 11.8 Å². The van der Waals surface area contributed by atoms with Gasteiger partial charge in [0.15, 0.2) is 0 Å². The number of carbonyl (C=O) groups is 1. The molecular formula is C19H25N3O3S. The van der Waals surface area contributed by atoms with Gasteiger partial charge in [-0.3, -0.25) is 4.79 Å². The first-order valence-electron chi connectivity index (χ1n) is 8.95. The van der Waals surface area contributed by atoms with Crippen LogP contribution < -0.4 is 0 Å². The van der Waals surface area contributed by atoms with Gasteiger partial charge in [0.25, 0.3) is 16.1 Å². The Morgan fingerprint density at radius 1 is 1.15 bits per heavy atom. The van der Waals surface area contributed by atoms with Gasteiger partial charge in [-0.25, -0.2) is 0 Å². The molecule has 1 amide bonds. The molecular weight excluding hydrogens is 350 g/mol. The van der Waals surface area contributed by atoms with Crippen LogP contribution in [0.2, 0.25) is 0 Å². The van der Waals surface area contributed by atoms with Crippen molar-refractivity contribution in [1.29, 1.82) is 0 Å². The van der Waals surface area contributed by atoms with Gasteiger partial charge in [0.2, 0.25) is 0 Å². The van der Waals surface area contributed by atoms with Gasteiger partial charge in [0.05, 0.1) is 0 Å². The summed E-state index contributed by atoms with van der Waals surface area (Å²) in [6.45, 7) is 1.61. The molecule has 6 nitrogen and oxygen atoms in total. The van der Waals surface area contributed by atoms with Crippen LogP contribution >= 0.6 is 0 Å². The van der Waals surface area contributed by atoms with Crippen molar-refractivity contribution in [2.75, 3.05) is 33.7 Å². The van der Waals surface area contributed by atoms with E-state index >= 15 is 0 Å². The maximum Gasteiger partial charge on any atom is 0.299 e. The molecule has 0 aliphatic carbocycles. The lowest BCUT2D eigenvalue weighted by molar-refractivity contribution is -0.131. The predicted molar refractivity (Wildman–Crippen MR) is 100 cm³/mol. The molecule has 0 unspecified atom stereocenters. The van der Waals surface area contributed by atoms with E-state index in [-0.39, 0.29) is 17.9 Å². The van der Waals surface area contributed by atoms with E-state index in [9.17, 15) is 13.2 Å². The highest BCUT2D eigenvalue weighted by molar-refractivity contribution is 7.86. The van der Waals surface area contributed by atoms with Gasteiger partial charge < -0.3 is 4.90 Å². The van der Waals surface area contributed by atoms with Crippen molar-refractivity contribution in [3.63, 3.8) is 0 Å². The summed E-state index contributed by atoms with van der Waals surface area (Å²) in [6.07, 6.45) is 2.49. The summed E-state index contributed by atoms with van der Waals surface area (Å²) in [6, 6.07) is 9.54. The minimum absolute atomic E-state index is 0.0786. The Hall–Kier alpha value is -1.88. The van der Waals surface area contributed by atoms with E-state index in [1.807, 2.05) is 35.2 Å². The third kappa shape index (κ3) is 3.93. The third-order valence-electron chi connectivity index (χ3n) is 5.17. The number of hydrogen-bond acceptors (Lipinski definition) is 3. The molecule has 0 bridgehead atoms. The molecule has 26 heavy (non-hydrogen) atoms. The van der Waals surface area contributed by atoms with Crippen LogP contribution in [-0.2, 0) is 15.0 Å². The molecule has 2 fully saturated rings. The molecule has 0 N–H and O–H groups in total. The van der Waals surface area contributed by atoms with E-state index < -0.39 is 10.2 Å². The molecule has 1 aromatic carbocycles. The van der Waals surface area contributed by atoms with Crippen molar-refractivity contribution >= 4 is 16.1 Å². The van der Waals surface area contributed by atoms with E-state index in [0.29, 0.717) is 26.1 Å². The molecule has 2 aliphatic heterocycles. The molecule has 2 saturated heterocycles. The second-order valence-corrected chi connectivity index (χ2v) is 9.16. The first kappa shape index (κ1) is 18.9. The zero-order chi connectivity index (χ0) is 18.7. The molecule has 2 aliphatic rings. The topological polar surface area (TPSA) is 60.9 Å². The van der Waals surface area contributed by atoms with Crippen molar-refractivity contribution in [3.05, 3.63) is 35.9 Å². The number of piperidine rings is 2. The number of nitrogens with zero attached hydrogens (tertiary/aromatic N) is 3. The Balaban J connectivity index is 1.71. The van der Waals surface area contributed by atoms with Crippen LogP contribution in [0.25, 0.3) is 0 Å². The number of benzene rings is 1. The molecule has 0 aromatic heterocycles. The van der Waals surface area contributed by atoms with Gasteiger partial charge in [-0.1, -0.05) is 24.1 Å². The fourth-order valence-corrected chi connectivity index (χ4v) is 4.96. The molecule has 3 rings (SSSR count). The van der Waals surface area contributed by atoms with Crippen LogP contribution in [0.5, 0.6) is 0 Å². The molecule has 0 saturated carbocycles. The maximum absolute atomic E-state index is 12.6. The summed E-state index contributed by atoms with van der Waals surface area (Å²) in [7, 11) is -0.294. The molecule has 0 radical (unpaired) electrons. The molecule has 1 aromatic rings. The normalized spacial score (nSPS) is 23.9. The predicted octanol–water partition coefficient (Wildman–Crippen LogP) is 1.16. The molecule has 2 atom stereocenters. The van der Waals surface area contributed by atoms with Crippen molar-refractivity contribution in [2.24, 2.45) is 5.92 Å². The third-order valence-corrected chi connectivity index (χ3v) is 7.07. The van der Waals surface area contributed by atoms with Gasteiger partial charge in [0, 0.05) is 51.3 Å². The SMILES string of the molecule is CN(C)S(=O)(=O)N1CC[C@@H]2[C@@H](CCCN2C(=O)C#Cc2ccccc2)C1. The lowest BCUT2D eigenvalue weighted by Gasteiger charge is -2.46. The van der Waals surface area contributed by atoms with Gasteiger partial charge in [-0.15, -0.1) is 0 Å². The molecule has 140 valence electrons. The van der Waals surface area contributed by atoms with Crippen LogP contribution in [0, 0.1) is 17.8 Å². The number of hydrogen-bond donors (Lipinski definition) is 0. The standard InChI is InChI=1S/C19H25N3O3S/c1-20(2)26(24,25)21-14-12-18-17(15-21)9-6-13-22(18)19(23)11-10-16-7-4-3-5-8-16/h3-5,7-8,17-18H,6,9,12-15H2,1-2H3/t17-,18+/m0/s1. The van der Waals surface area contributed by atoms with E-state index in [4.69, 9.17) is 0 Å². The lowest BCUT2D eigenvalue weighted by atomic mass is 9.84. The Labute approximate surface area is 156 Å². The first-order chi connectivity index (χ1) is 12.4. The number of rotatable bonds is 2. The second-order valence-electron chi connectivity index (χ2n) is 7.02. The fourth-order valence-electron chi connectivity index (χ4n) is 3.78. The molecule has 0 spiro atoms. The number of likely N-dealkylation sites (tertiary alicyclic amines) is 1. The summed E-state index contributed by atoms with van der Waals surface area (Å²) in [5, 5.41) is 0. The number of carbonyl (C=O) groups excluding carboxylic acids is 1. The molecule has 2 heterocycles. The maximum atomic E-state index is 12.6. The van der Waals surface area contributed by atoms with Gasteiger partial charge in [-0.05, 0) is 37.3 Å². The zero-order valence-corrected chi connectivity index (χ0v) is 16.1. The van der Waals surface area contributed by atoms with Crippen molar-refractivity contribution in [1.82, 2.24) is 13.5 Å². The Bertz CT molecular complexity index is 811. The van der Waals surface area contributed by atoms with E-state index in [1.54, 1.807) is 14.1 Å². The minimum atomic E-state index is -3.40. The Morgan fingerprint density at radius 2 is 1.88 bits per heavy atom. The quantitative estimate of drug-likeness (QED) is 0.729. The van der Waals surface area contributed by atoms with Crippen molar-refractivity contribution in [2.45, 2.75) is 25.3 Å². The summed E-state index contributed by atoms with van der Waals surface area (Å²) >= 11 is 0. The fraction of sp³-hybridized carbons (Fsp3) is 0.526. The van der Waals surface area contributed by atoms with Crippen LogP contribution in [0.3, 0.4) is 0 Å². The van der Waals surface area contributed by atoms with Gasteiger partial charge >= 0.3 is 0 Å². The minimum Gasteiger partial charge on any atom is -0.329 e. The van der Waals surface area contributed by atoms with Crippen LogP contribution in [0.1, 0.15) is 24.8 Å². The largest absolute Gasteiger partial charge is 0.329 e. The average Bonchev–Trinajstić information content (AvgIpc) is 2.65. The van der Waals surface area contributed by atoms with Crippen LogP contribution in [-0.4, -0.2) is 67.6 Å². The van der Waals surface area contributed by atoms with E-state index in [0.717, 1.165) is 18.4 Å². The second kappa shape index (κ2) is 7.78. The summed E-state index contributed by atoms with van der Waals surface area (Å²) in [5.74, 6) is 5.71. The van der Waals surface area contributed by atoms with Gasteiger partial charge in [-0.2, -0.15) is 17.0 Å². The smallest absolute Gasteiger partial charge is 0.299 e. The Morgan fingerprint density at radius 3 is 2.58 bits per heavy atom. The van der Waals surface area contributed by atoms with Gasteiger partial charge in [0.1, 0.15) is 0 Å². The number of fused-ring (bicyclic) bond motifs is 1. The monoisotopic (exact) mass is 375 g/mol. The highest BCUT2D eigenvalue weighted by Gasteiger charge is 2.41. The van der Waals surface area contributed by atoms with Crippen molar-refractivity contribution < 1.29 is 13.2 Å². The highest BCUT2D eigenvalue weighted by atomic mass is 32.2. The summed E-state index contributed by atoms with van der Waals surface area (Å²) in [4.78, 5) is 14.5. The first-order valence-corrected chi connectivity index (χ1v) is 10.3.